The quantitative estimate of drug-likeness (QED) is 0.329. The number of fused-ring (bicyclic) bond motifs is 3. The van der Waals surface area contributed by atoms with Crippen LogP contribution in [-0.4, -0.2) is 11.3 Å². The summed E-state index contributed by atoms with van der Waals surface area (Å²) in [5.74, 6) is 0.553. The van der Waals surface area contributed by atoms with Crippen molar-refractivity contribution in [1.29, 1.82) is 0 Å². The van der Waals surface area contributed by atoms with E-state index in [9.17, 15) is 0 Å². The number of allylic oxidation sites excluding steroid dienone is 4. The van der Waals surface area contributed by atoms with Gasteiger partial charge in [-0.2, -0.15) is 6.08 Å². The first-order valence-electron chi connectivity index (χ1n) is 9.97. The van der Waals surface area contributed by atoms with Crippen LogP contribution in [0.4, 0.5) is 0 Å². The summed E-state index contributed by atoms with van der Waals surface area (Å²) in [6.45, 7) is 15.8. The van der Waals surface area contributed by atoms with Crippen LogP contribution in [0.5, 0.6) is 0 Å². The number of halogens is 2. The molecule has 0 spiro atoms. The molecular formula is C26H32Cl2SiZr-2. The molecule has 0 radical (unpaired) electrons. The van der Waals surface area contributed by atoms with Gasteiger partial charge in [-0.25, -0.2) is 10.8 Å². The number of rotatable bonds is 1. The first kappa shape index (κ1) is 29.3. The molecule has 0 saturated carbocycles. The molecule has 3 aromatic rings. The van der Waals surface area contributed by atoms with Crippen molar-refractivity contribution in [2.45, 2.75) is 47.3 Å². The van der Waals surface area contributed by atoms with Crippen LogP contribution in [0.3, 0.4) is 0 Å². The molecule has 0 nitrogen and oxygen atoms in total. The summed E-state index contributed by atoms with van der Waals surface area (Å²) >= 11 is 1.55. The second-order valence-corrected chi connectivity index (χ2v) is 16.2. The summed E-state index contributed by atoms with van der Waals surface area (Å²) in [5.41, 5.74) is 1.40. The molecule has 0 aromatic heterocycles. The van der Waals surface area contributed by atoms with Gasteiger partial charge in [0.05, 0.1) is 0 Å². The van der Waals surface area contributed by atoms with Gasteiger partial charge in [0, 0.05) is 0 Å². The molecule has 1 aliphatic rings. The molecule has 160 valence electrons. The maximum atomic E-state index is 3.43. The molecule has 30 heavy (non-hydrogen) atoms. The SMILES string of the molecule is CC1=[C-]C(C)C=C1[Si](C)(C)C.C[C](C)=[Zr+2].[Cl-].[Cl-].c1ccc2c(c1)[cH-]c1ccccc12. The van der Waals surface area contributed by atoms with E-state index in [1.54, 1.807) is 29.4 Å². The van der Waals surface area contributed by atoms with Crippen LogP contribution in [0.25, 0.3) is 21.5 Å². The number of hydrogen-bond donors (Lipinski definition) is 0. The Hall–Kier alpha value is -0.660. The van der Waals surface area contributed by atoms with Gasteiger partial charge < -0.3 is 24.8 Å². The van der Waals surface area contributed by atoms with Crippen LogP contribution < -0.4 is 24.8 Å². The van der Waals surface area contributed by atoms with Crippen molar-refractivity contribution in [2.24, 2.45) is 5.92 Å². The van der Waals surface area contributed by atoms with Crippen LogP contribution in [0.1, 0.15) is 27.7 Å². The Morgan fingerprint density at radius 1 is 0.900 bits per heavy atom. The normalized spacial score (nSPS) is 14.9. The molecule has 0 saturated heterocycles. The minimum Gasteiger partial charge on any atom is -1.00 e. The van der Waals surface area contributed by atoms with Crippen molar-refractivity contribution in [2.75, 3.05) is 0 Å². The fourth-order valence-electron chi connectivity index (χ4n) is 3.55. The van der Waals surface area contributed by atoms with Crippen LogP contribution >= 0.6 is 0 Å². The monoisotopic (exact) mass is 532 g/mol. The van der Waals surface area contributed by atoms with Crippen LogP contribution in [0, 0.1) is 12.0 Å². The Balaban J connectivity index is 0.000000457. The molecule has 3 aromatic carbocycles. The summed E-state index contributed by atoms with van der Waals surface area (Å²) < 4.78 is 1.51. The third-order valence-electron chi connectivity index (χ3n) is 4.60. The minimum atomic E-state index is -1.07. The van der Waals surface area contributed by atoms with Crippen molar-refractivity contribution in [1.82, 2.24) is 0 Å². The Kier molecular flexibility index (Phi) is 12.7. The van der Waals surface area contributed by atoms with Gasteiger partial charge in [-0.1, -0.05) is 75.8 Å². The summed E-state index contributed by atoms with van der Waals surface area (Å²) in [4.78, 5) is 0. The van der Waals surface area contributed by atoms with Crippen LogP contribution in [0.15, 0.2) is 71.4 Å². The van der Waals surface area contributed by atoms with Gasteiger partial charge in [0.1, 0.15) is 0 Å². The van der Waals surface area contributed by atoms with E-state index in [1.807, 2.05) is 0 Å². The zero-order valence-corrected chi connectivity index (χ0v) is 24.1. The summed E-state index contributed by atoms with van der Waals surface area (Å²) in [6.07, 6.45) is 5.81. The third-order valence-corrected chi connectivity index (χ3v) is 6.75. The molecule has 0 bridgehead atoms. The van der Waals surface area contributed by atoms with E-state index in [0.717, 1.165) is 0 Å². The van der Waals surface area contributed by atoms with Crippen molar-refractivity contribution in [3.05, 3.63) is 77.5 Å². The average molecular weight is 535 g/mol. The molecule has 0 amide bonds. The van der Waals surface area contributed by atoms with E-state index in [4.69, 9.17) is 0 Å². The second-order valence-electron chi connectivity index (χ2n) is 8.71. The fourth-order valence-corrected chi connectivity index (χ4v) is 5.50. The summed E-state index contributed by atoms with van der Waals surface area (Å²) in [7, 11) is -1.07. The Morgan fingerprint density at radius 3 is 1.60 bits per heavy atom. The zero-order chi connectivity index (χ0) is 20.9. The van der Waals surface area contributed by atoms with E-state index in [0.29, 0.717) is 5.92 Å². The standard InChI is InChI=1S/C13H9.C10H17Si.C3H6.2ClH.Zr/c1-3-7-12-10(5-1)9-11-6-2-4-8-13(11)12;1-8-6-9(2)10(7-8)11(3,4)5;1-3-2;;;/h1-9H;7-8H,1-5H3;1-2H3;2*1H;/q2*-1;;;;+2/p-2. The number of benzene rings is 2. The van der Waals surface area contributed by atoms with Gasteiger partial charge in [-0.3, -0.25) is 6.08 Å². The predicted molar refractivity (Wildman–Crippen MR) is 126 cm³/mol. The van der Waals surface area contributed by atoms with E-state index < -0.39 is 8.07 Å². The first-order chi connectivity index (χ1) is 13.1. The predicted octanol–water partition coefficient (Wildman–Crippen LogP) is 1.65. The molecular weight excluding hydrogens is 503 g/mol. The molecule has 0 aliphatic heterocycles. The second kappa shape index (κ2) is 13.0. The smallest absolute Gasteiger partial charge is 0.0771 e. The van der Waals surface area contributed by atoms with Crippen molar-refractivity contribution < 1.29 is 49.0 Å². The molecule has 1 unspecified atom stereocenters. The van der Waals surface area contributed by atoms with E-state index in [-0.39, 0.29) is 24.8 Å². The van der Waals surface area contributed by atoms with Crippen molar-refractivity contribution in [3.8, 4) is 0 Å². The van der Waals surface area contributed by atoms with Gasteiger partial charge in [0.2, 0.25) is 0 Å². The topological polar surface area (TPSA) is 0 Å². The van der Waals surface area contributed by atoms with Gasteiger partial charge in [0.15, 0.2) is 0 Å². The van der Waals surface area contributed by atoms with Gasteiger partial charge in [-0.15, -0.1) is 39.7 Å². The molecule has 0 fully saturated rings. The first-order valence-corrected chi connectivity index (χ1v) is 14.7. The number of hydrogen-bond acceptors (Lipinski definition) is 0. The molecule has 4 heteroatoms. The Bertz CT molecular complexity index is 968. The van der Waals surface area contributed by atoms with Crippen molar-refractivity contribution >= 4 is 32.8 Å². The van der Waals surface area contributed by atoms with Gasteiger partial charge in [0.25, 0.3) is 0 Å². The maximum Gasteiger partial charge on any atom is -0.0771 e. The van der Waals surface area contributed by atoms with E-state index in [1.165, 1.54) is 30.3 Å². The van der Waals surface area contributed by atoms with Crippen molar-refractivity contribution in [3.63, 3.8) is 0 Å². The third kappa shape index (κ3) is 8.46. The molecule has 0 N–H and O–H groups in total. The van der Waals surface area contributed by atoms with E-state index >= 15 is 0 Å². The largest absolute Gasteiger partial charge is 1.00 e. The van der Waals surface area contributed by atoms with E-state index in [2.05, 4.69) is 114 Å². The molecule has 1 atom stereocenters. The Morgan fingerprint density at radius 2 is 1.30 bits per heavy atom. The minimum absolute atomic E-state index is 0. The summed E-state index contributed by atoms with van der Waals surface area (Å²) in [5, 5.41) is 6.99. The van der Waals surface area contributed by atoms with Crippen LogP contribution in [-0.2, 0) is 24.2 Å². The molecule has 0 heterocycles. The zero-order valence-electron chi connectivity index (χ0n) is 19.1. The Labute approximate surface area is 211 Å². The van der Waals surface area contributed by atoms with Gasteiger partial charge in [-0.05, 0) is 8.07 Å². The van der Waals surface area contributed by atoms with Crippen LogP contribution in [0.2, 0.25) is 19.6 Å². The average Bonchev–Trinajstić information content (AvgIpc) is 3.14. The molecule has 4 rings (SSSR count). The molecule has 1 aliphatic carbocycles. The fraction of sp³-hybridized carbons (Fsp3) is 0.308. The summed E-state index contributed by atoms with van der Waals surface area (Å²) in [6, 6.07) is 19.3. The van der Waals surface area contributed by atoms with Gasteiger partial charge >= 0.3 is 41.3 Å². The maximum absolute atomic E-state index is 3.43.